The van der Waals surface area contributed by atoms with Crippen molar-refractivity contribution in [1.29, 1.82) is 0 Å². The van der Waals surface area contributed by atoms with Crippen LogP contribution in [0.2, 0.25) is 0 Å². The van der Waals surface area contributed by atoms with Gasteiger partial charge in [-0.2, -0.15) is 0 Å². The van der Waals surface area contributed by atoms with Crippen molar-refractivity contribution in [2.45, 2.75) is 44.6 Å². The van der Waals surface area contributed by atoms with Gasteiger partial charge in [0, 0.05) is 17.3 Å². The van der Waals surface area contributed by atoms with E-state index in [0.717, 1.165) is 12.8 Å². The minimum atomic E-state index is 0.478. The Bertz CT molecular complexity index is 1350. The average Bonchev–Trinajstić information content (AvgIpc) is 3.18. The number of anilines is 1. The third-order valence-electron chi connectivity index (χ3n) is 7.86. The Hall–Kier alpha value is -3.06. The zero-order valence-electron chi connectivity index (χ0n) is 17.9. The van der Waals surface area contributed by atoms with Gasteiger partial charge in [0.25, 0.3) is 0 Å². The molecule has 3 aromatic carbocycles. The molecule has 2 atom stereocenters. The fraction of sp³-hybridized carbons (Fsp3) is 0.267. The van der Waals surface area contributed by atoms with Crippen molar-refractivity contribution >= 4 is 33.3 Å². The molecular weight excluding hydrogens is 374 g/mol. The van der Waals surface area contributed by atoms with Gasteiger partial charge in [0.1, 0.15) is 0 Å². The van der Waals surface area contributed by atoms with Crippen molar-refractivity contribution in [3.8, 4) is 0 Å². The Morgan fingerprint density at radius 3 is 2.55 bits per heavy atom. The van der Waals surface area contributed by atoms with Gasteiger partial charge in [0.05, 0.1) is 6.04 Å². The van der Waals surface area contributed by atoms with E-state index < -0.39 is 0 Å². The number of benzene rings is 3. The van der Waals surface area contributed by atoms with E-state index in [-0.39, 0.29) is 0 Å². The lowest BCUT2D eigenvalue weighted by Gasteiger charge is -2.32. The number of hydrogen-bond acceptors (Lipinski definition) is 1. The second-order valence-corrected chi connectivity index (χ2v) is 9.43. The van der Waals surface area contributed by atoms with Crippen LogP contribution in [0.1, 0.15) is 43.2 Å². The Morgan fingerprint density at radius 2 is 1.58 bits per heavy atom. The summed E-state index contributed by atoms with van der Waals surface area (Å²) in [6, 6.07) is 16.7. The number of nitrogens with zero attached hydrogens (tertiary/aromatic N) is 1. The predicted molar refractivity (Wildman–Crippen MR) is 132 cm³/mol. The lowest BCUT2D eigenvalue weighted by molar-refractivity contribution is 0.501. The van der Waals surface area contributed by atoms with Gasteiger partial charge in [0.2, 0.25) is 0 Å². The maximum Gasteiger partial charge on any atom is 0.0588 e. The van der Waals surface area contributed by atoms with E-state index in [1.807, 2.05) is 0 Å². The molecule has 0 bridgehead atoms. The first-order valence-electron chi connectivity index (χ1n) is 11.9. The molecule has 3 aromatic rings. The Balaban J connectivity index is 1.48. The van der Waals surface area contributed by atoms with Crippen LogP contribution in [0.3, 0.4) is 0 Å². The van der Waals surface area contributed by atoms with E-state index in [9.17, 15) is 0 Å². The van der Waals surface area contributed by atoms with E-state index in [2.05, 4.69) is 83.8 Å². The second kappa shape index (κ2) is 6.72. The van der Waals surface area contributed by atoms with Crippen molar-refractivity contribution in [3.05, 3.63) is 95.2 Å². The molecule has 1 nitrogen and oxygen atoms in total. The molecule has 1 heteroatoms. The van der Waals surface area contributed by atoms with Gasteiger partial charge in [-0.25, -0.2) is 0 Å². The maximum absolute atomic E-state index is 2.64. The van der Waals surface area contributed by atoms with Crippen molar-refractivity contribution in [3.63, 3.8) is 0 Å². The molecule has 3 aliphatic carbocycles. The van der Waals surface area contributed by atoms with Gasteiger partial charge < -0.3 is 4.90 Å². The molecule has 7 rings (SSSR count). The van der Waals surface area contributed by atoms with Crippen LogP contribution >= 0.6 is 0 Å². The first-order chi connectivity index (χ1) is 15.4. The molecule has 0 amide bonds. The fourth-order valence-electron chi connectivity index (χ4n) is 6.53. The zero-order valence-corrected chi connectivity index (χ0v) is 17.9. The minimum Gasteiger partial charge on any atom is -0.334 e. The molecule has 0 saturated carbocycles. The lowest BCUT2D eigenvalue weighted by Crippen LogP contribution is -2.33. The standard InChI is InChI=1S/C30H27N/c1-2-11-23-21(9-1)22-10-3-4-12-24(22)28-19-20(17-18-25(23)28)31-29-15-7-5-13-26(29)27-14-6-8-16-30(27)31/h1-2,4,7-9,11-12,15-19,26,29H,3,5-6,10,13-14H2. The van der Waals surface area contributed by atoms with Crippen molar-refractivity contribution in [1.82, 2.24) is 0 Å². The average molecular weight is 402 g/mol. The highest BCUT2D eigenvalue weighted by atomic mass is 15.2. The third kappa shape index (κ3) is 2.50. The largest absolute Gasteiger partial charge is 0.334 e. The monoisotopic (exact) mass is 401 g/mol. The molecule has 4 aliphatic rings. The Kier molecular flexibility index (Phi) is 3.82. The summed E-state index contributed by atoms with van der Waals surface area (Å²) in [5, 5.41) is 5.62. The number of rotatable bonds is 1. The van der Waals surface area contributed by atoms with Crippen LogP contribution in [0, 0.1) is 5.92 Å². The number of fused-ring (bicyclic) bond motifs is 8. The SMILES string of the molecule is C1=CC2=C(CC1)C1CCC=CC1N2c1ccc2c(c1)c1c(c3ccccc32)CCC=C1. The number of allylic oxidation sites excluding steroid dienone is 4. The van der Waals surface area contributed by atoms with Crippen LogP contribution in [0.4, 0.5) is 5.69 Å². The first kappa shape index (κ1) is 17.6. The normalized spacial score (nSPS) is 24.1. The maximum atomic E-state index is 2.64. The van der Waals surface area contributed by atoms with Crippen LogP contribution in [-0.4, -0.2) is 6.04 Å². The highest BCUT2D eigenvalue weighted by molar-refractivity contribution is 6.13. The van der Waals surface area contributed by atoms with Crippen molar-refractivity contribution in [2.75, 3.05) is 4.90 Å². The molecule has 0 N–H and O–H groups in total. The highest BCUT2D eigenvalue weighted by Gasteiger charge is 2.40. The molecular formula is C30H27N. The zero-order chi connectivity index (χ0) is 20.4. The fourth-order valence-corrected chi connectivity index (χ4v) is 6.53. The molecule has 0 spiro atoms. The van der Waals surface area contributed by atoms with Crippen LogP contribution in [0.5, 0.6) is 0 Å². The molecule has 0 fully saturated rings. The smallest absolute Gasteiger partial charge is 0.0588 e. The van der Waals surface area contributed by atoms with E-state index in [1.54, 1.807) is 5.57 Å². The first-order valence-corrected chi connectivity index (χ1v) is 11.9. The molecule has 0 aromatic heterocycles. The molecule has 1 aliphatic heterocycles. The minimum absolute atomic E-state index is 0.478. The summed E-state index contributed by atoms with van der Waals surface area (Å²) in [4.78, 5) is 2.64. The van der Waals surface area contributed by atoms with Gasteiger partial charge in [-0.1, -0.05) is 60.7 Å². The molecule has 152 valence electrons. The van der Waals surface area contributed by atoms with E-state index in [1.165, 1.54) is 69.7 Å². The van der Waals surface area contributed by atoms with E-state index >= 15 is 0 Å². The van der Waals surface area contributed by atoms with Crippen LogP contribution in [0.25, 0.3) is 27.6 Å². The topological polar surface area (TPSA) is 3.24 Å². The third-order valence-corrected chi connectivity index (χ3v) is 7.86. The van der Waals surface area contributed by atoms with Gasteiger partial charge in [0.15, 0.2) is 0 Å². The van der Waals surface area contributed by atoms with Gasteiger partial charge in [-0.15, -0.1) is 0 Å². The summed E-state index contributed by atoms with van der Waals surface area (Å²) in [5.41, 5.74) is 7.47. The van der Waals surface area contributed by atoms with E-state index in [0.29, 0.717) is 12.0 Å². The van der Waals surface area contributed by atoms with Crippen molar-refractivity contribution in [2.24, 2.45) is 5.92 Å². The predicted octanol–water partition coefficient (Wildman–Crippen LogP) is 7.71. The summed E-state index contributed by atoms with van der Waals surface area (Å²) in [5.74, 6) is 0.686. The van der Waals surface area contributed by atoms with Crippen LogP contribution in [-0.2, 0) is 6.42 Å². The highest BCUT2D eigenvalue weighted by Crippen LogP contribution is 2.47. The van der Waals surface area contributed by atoms with Crippen LogP contribution in [0.15, 0.2) is 84.1 Å². The second-order valence-electron chi connectivity index (χ2n) is 9.43. The Labute approximate surface area is 184 Å². The quantitative estimate of drug-likeness (QED) is 0.298. The van der Waals surface area contributed by atoms with E-state index in [4.69, 9.17) is 0 Å². The molecule has 2 unspecified atom stereocenters. The van der Waals surface area contributed by atoms with Gasteiger partial charge in [-0.3, -0.25) is 0 Å². The number of aryl methyl sites for hydroxylation is 1. The lowest BCUT2D eigenvalue weighted by atomic mass is 9.83. The summed E-state index contributed by atoms with van der Waals surface area (Å²) in [6.45, 7) is 0. The summed E-state index contributed by atoms with van der Waals surface area (Å²) >= 11 is 0. The summed E-state index contributed by atoms with van der Waals surface area (Å²) in [7, 11) is 0. The Morgan fingerprint density at radius 1 is 0.742 bits per heavy atom. The van der Waals surface area contributed by atoms with Gasteiger partial charge in [-0.05, 0) is 95.0 Å². The van der Waals surface area contributed by atoms with Crippen LogP contribution < -0.4 is 4.90 Å². The summed E-state index contributed by atoms with van der Waals surface area (Å²) in [6.07, 6.45) is 21.6. The van der Waals surface area contributed by atoms with Crippen molar-refractivity contribution < 1.29 is 0 Å². The molecule has 0 radical (unpaired) electrons. The molecule has 31 heavy (non-hydrogen) atoms. The summed E-state index contributed by atoms with van der Waals surface area (Å²) < 4.78 is 0. The number of hydrogen-bond donors (Lipinski definition) is 0. The molecule has 0 saturated heterocycles. The molecule has 1 heterocycles. The van der Waals surface area contributed by atoms with Gasteiger partial charge >= 0.3 is 0 Å².